The molecule has 2 aromatic carbocycles. The fraction of sp³-hybridized carbons (Fsp3) is 0.273. The summed E-state index contributed by atoms with van der Waals surface area (Å²) in [4.78, 5) is 23.9. The molecule has 0 saturated heterocycles. The van der Waals surface area contributed by atoms with Crippen LogP contribution in [0.15, 0.2) is 42.5 Å². The number of amides is 1. The minimum atomic E-state index is -0.519. The van der Waals surface area contributed by atoms with Gasteiger partial charge in [0.25, 0.3) is 5.91 Å². The number of hydrogen-bond donors (Lipinski definition) is 1. The van der Waals surface area contributed by atoms with Gasteiger partial charge in [0.2, 0.25) is 5.13 Å². The summed E-state index contributed by atoms with van der Waals surface area (Å²) in [5, 5.41) is 12.1. The molecule has 9 heteroatoms. The Balaban J connectivity index is 1.69. The van der Waals surface area contributed by atoms with Gasteiger partial charge in [-0.2, -0.15) is 0 Å². The van der Waals surface area contributed by atoms with Crippen LogP contribution >= 0.6 is 11.3 Å². The number of anilines is 1. The van der Waals surface area contributed by atoms with E-state index >= 15 is 0 Å². The highest BCUT2D eigenvalue weighted by atomic mass is 32.1. The average Bonchev–Trinajstić information content (AvgIpc) is 3.25. The molecule has 0 spiro atoms. The highest BCUT2D eigenvalue weighted by molar-refractivity contribution is 7.18. The summed E-state index contributed by atoms with van der Waals surface area (Å²) in [5.74, 6) is 0.213. The van der Waals surface area contributed by atoms with Gasteiger partial charge in [-0.15, -0.1) is 10.2 Å². The second-order valence-electron chi connectivity index (χ2n) is 6.87. The number of nitrogens with zero attached hydrogens (tertiary/aromatic N) is 2. The van der Waals surface area contributed by atoms with Crippen LogP contribution < -0.4 is 14.8 Å². The number of ether oxygens (including phenoxy) is 3. The molecular formula is C22H23N3O5S. The van der Waals surface area contributed by atoms with E-state index in [2.05, 4.69) is 46.2 Å². The Kier molecular flexibility index (Phi) is 7.19. The standard InChI is InChI=1S/C22H23N3O5S/c1-13(2)14-5-7-15(8-6-14)21-24-25-22(31-21)23-20(27)16-9-10-17(18(11-16)28-3)30-12-19(26)29-4/h5-11,13H,12H2,1-4H3,(H,23,25,27). The minimum absolute atomic E-state index is 0.260. The second kappa shape index (κ2) is 10.0. The number of esters is 1. The summed E-state index contributed by atoms with van der Waals surface area (Å²) >= 11 is 1.29. The number of carbonyl (C=O) groups excluding carboxylic acids is 2. The quantitative estimate of drug-likeness (QED) is 0.524. The van der Waals surface area contributed by atoms with E-state index in [1.807, 2.05) is 12.1 Å². The van der Waals surface area contributed by atoms with E-state index in [4.69, 9.17) is 9.47 Å². The van der Waals surface area contributed by atoms with E-state index in [-0.39, 0.29) is 12.5 Å². The Labute approximate surface area is 184 Å². The summed E-state index contributed by atoms with van der Waals surface area (Å²) in [5.41, 5.74) is 2.53. The largest absolute Gasteiger partial charge is 0.493 e. The third-order valence-corrected chi connectivity index (χ3v) is 5.36. The van der Waals surface area contributed by atoms with Crippen molar-refractivity contribution in [2.75, 3.05) is 26.1 Å². The van der Waals surface area contributed by atoms with Crippen LogP contribution in [0.2, 0.25) is 0 Å². The summed E-state index contributed by atoms with van der Waals surface area (Å²) in [7, 11) is 2.72. The molecule has 0 aliphatic heterocycles. The lowest BCUT2D eigenvalue weighted by molar-refractivity contribution is -0.142. The van der Waals surface area contributed by atoms with Crippen molar-refractivity contribution in [1.82, 2.24) is 10.2 Å². The molecule has 162 valence electrons. The van der Waals surface area contributed by atoms with Gasteiger partial charge in [0, 0.05) is 11.1 Å². The highest BCUT2D eigenvalue weighted by Gasteiger charge is 2.15. The third-order valence-electron chi connectivity index (χ3n) is 4.47. The molecule has 0 bridgehead atoms. The number of carbonyl (C=O) groups is 2. The lowest BCUT2D eigenvalue weighted by Crippen LogP contribution is -2.14. The fourth-order valence-corrected chi connectivity index (χ4v) is 3.44. The normalized spacial score (nSPS) is 10.6. The second-order valence-corrected chi connectivity index (χ2v) is 7.85. The molecular weight excluding hydrogens is 418 g/mol. The zero-order valence-electron chi connectivity index (χ0n) is 17.7. The molecule has 0 saturated carbocycles. The third kappa shape index (κ3) is 5.58. The van der Waals surface area contributed by atoms with Gasteiger partial charge in [0.15, 0.2) is 18.1 Å². The van der Waals surface area contributed by atoms with Crippen LogP contribution in [0.3, 0.4) is 0 Å². The lowest BCUT2D eigenvalue weighted by atomic mass is 10.0. The van der Waals surface area contributed by atoms with E-state index < -0.39 is 5.97 Å². The Bertz CT molecular complexity index is 1060. The van der Waals surface area contributed by atoms with Gasteiger partial charge in [0.1, 0.15) is 5.01 Å². The first-order chi connectivity index (χ1) is 14.9. The molecule has 1 amide bonds. The van der Waals surface area contributed by atoms with Crippen LogP contribution in [-0.2, 0) is 9.53 Å². The van der Waals surface area contributed by atoms with Crippen LogP contribution in [0.25, 0.3) is 10.6 Å². The number of hydrogen-bond acceptors (Lipinski definition) is 8. The van der Waals surface area contributed by atoms with Crippen molar-refractivity contribution in [3.05, 3.63) is 53.6 Å². The van der Waals surface area contributed by atoms with Crippen LogP contribution in [0.1, 0.15) is 35.7 Å². The van der Waals surface area contributed by atoms with Crippen molar-refractivity contribution in [3.63, 3.8) is 0 Å². The van der Waals surface area contributed by atoms with Gasteiger partial charge in [-0.05, 0) is 29.7 Å². The number of methoxy groups -OCH3 is 2. The summed E-state index contributed by atoms with van der Waals surface area (Å²) in [6, 6.07) is 12.8. The molecule has 31 heavy (non-hydrogen) atoms. The predicted molar refractivity (Wildman–Crippen MR) is 118 cm³/mol. The van der Waals surface area contributed by atoms with Crippen LogP contribution in [0.4, 0.5) is 5.13 Å². The average molecular weight is 442 g/mol. The zero-order valence-corrected chi connectivity index (χ0v) is 18.5. The molecule has 8 nitrogen and oxygen atoms in total. The molecule has 0 radical (unpaired) electrons. The van der Waals surface area contributed by atoms with Crippen molar-refractivity contribution in [1.29, 1.82) is 0 Å². The smallest absolute Gasteiger partial charge is 0.343 e. The van der Waals surface area contributed by atoms with Gasteiger partial charge in [0.05, 0.1) is 14.2 Å². The van der Waals surface area contributed by atoms with Crippen molar-refractivity contribution in [2.24, 2.45) is 0 Å². The molecule has 0 aliphatic carbocycles. The van der Waals surface area contributed by atoms with Gasteiger partial charge in [-0.25, -0.2) is 4.79 Å². The van der Waals surface area contributed by atoms with Crippen molar-refractivity contribution < 1.29 is 23.8 Å². The molecule has 1 heterocycles. The summed E-state index contributed by atoms with van der Waals surface area (Å²) < 4.78 is 15.2. The zero-order chi connectivity index (χ0) is 22.4. The molecule has 0 atom stereocenters. The maximum atomic E-state index is 12.6. The lowest BCUT2D eigenvalue weighted by Gasteiger charge is -2.11. The summed E-state index contributed by atoms with van der Waals surface area (Å²) in [6.45, 7) is 4.02. The van der Waals surface area contributed by atoms with Crippen LogP contribution in [0.5, 0.6) is 11.5 Å². The minimum Gasteiger partial charge on any atom is -0.493 e. The fourth-order valence-electron chi connectivity index (χ4n) is 2.69. The highest BCUT2D eigenvalue weighted by Crippen LogP contribution is 2.30. The Hall–Kier alpha value is -3.46. The Morgan fingerprint density at radius 1 is 1.03 bits per heavy atom. The topological polar surface area (TPSA) is 99.6 Å². The first-order valence-corrected chi connectivity index (χ1v) is 10.4. The maximum Gasteiger partial charge on any atom is 0.343 e. The number of aromatic nitrogens is 2. The number of rotatable bonds is 8. The maximum absolute atomic E-state index is 12.6. The number of benzene rings is 2. The predicted octanol–water partition coefficient (Wildman–Crippen LogP) is 4.14. The van der Waals surface area contributed by atoms with E-state index in [9.17, 15) is 9.59 Å². The summed E-state index contributed by atoms with van der Waals surface area (Å²) in [6.07, 6.45) is 0. The van der Waals surface area contributed by atoms with Gasteiger partial charge in [-0.1, -0.05) is 49.4 Å². The molecule has 1 aromatic heterocycles. The van der Waals surface area contributed by atoms with E-state index in [1.165, 1.54) is 37.2 Å². The molecule has 0 aliphatic rings. The van der Waals surface area contributed by atoms with E-state index in [0.717, 1.165) is 10.6 Å². The molecule has 0 fully saturated rings. The van der Waals surface area contributed by atoms with Gasteiger partial charge >= 0.3 is 5.97 Å². The first kappa shape index (κ1) is 22.2. The molecule has 3 rings (SSSR count). The first-order valence-electron chi connectivity index (χ1n) is 9.54. The van der Waals surface area contributed by atoms with Gasteiger partial charge in [-0.3, -0.25) is 10.1 Å². The van der Waals surface area contributed by atoms with Crippen molar-refractivity contribution in [3.8, 4) is 22.1 Å². The van der Waals surface area contributed by atoms with Crippen LogP contribution in [0, 0.1) is 0 Å². The Morgan fingerprint density at radius 3 is 2.42 bits per heavy atom. The van der Waals surface area contributed by atoms with Crippen molar-refractivity contribution in [2.45, 2.75) is 19.8 Å². The Morgan fingerprint density at radius 2 is 1.77 bits per heavy atom. The monoisotopic (exact) mass is 441 g/mol. The molecule has 3 aromatic rings. The number of nitrogens with one attached hydrogen (secondary N) is 1. The molecule has 0 unspecified atom stereocenters. The van der Waals surface area contributed by atoms with E-state index in [1.54, 1.807) is 12.1 Å². The van der Waals surface area contributed by atoms with Crippen molar-refractivity contribution >= 4 is 28.3 Å². The van der Waals surface area contributed by atoms with E-state index in [0.29, 0.717) is 28.1 Å². The van der Waals surface area contributed by atoms with Gasteiger partial charge < -0.3 is 14.2 Å². The van der Waals surface area contributed by atoms with Crippen LogP contribution in [-0.4, -0.2) is 42.9 Å². The SMILES string of the molecule is COC(=O)COc1ccc(C(=O)Nc2nnc(-c3ccc(C(C)C)cc3)s2)cc1OC. The molecule has 1 N–H and O–H groups in total.